The van der Waals surface area contributed by atoms with Gasteiger partial charge in [-0.2, -0.15) is 0 Å². The predicted molar refractivity (Wildman–Crippen MR) is 115 cm³/mol. The van der Waals surface area contributed by atoms with Gasteiger partial charge >= 0.3 is 0 Å². The van der Waals surface area contributed by atoms with Crippen LogP contribution in [0.1, 0.15) is 5.82 Å². The number of aromatic nitrogens is 3. The van der Waals surface area contributed by atoms with Crippen molar-refractivity contribution in [1.82, 2.24) is 15.0 Å². The number of halogens is 3. The Morgan fingerprint density at radius 2 is 1.67 bits per heavy atom. The van der Waals surface area contributed by atoms with E-state index >= 15 is 0 Å². The molecule has 27 heavy (non-hydrogen) atoms. The molecule has 0 radical (unpaired) electrons. The molecule has 0 fully saturated rings. The Hall–Kier alpha value is -1.92. The summed E-state index contributed by atoms with van der Waals surface area (Å²) in [6.45, 7) is 0.378. The molecule has 0 unspecified atom stereocenters. The first-order valence-corrected chi connectivity index (χ1v) is 8.91. The maximum Gasteiger partial charge on any atom is 0.146 e. The van der Waals surface area contributed by atoms with Crippen molar-refractivity contribution >= 4 is 59.2 Å². The number of hydrogen-bond acceptors (Lipinski definition) is 4. The molecule has 0 aliphatic heterocycles. The molecule has 2 aromatic carbocycles. The van der Waals surface area contributed by atoms with Crippen LogP contribution in [-0.2, 0) is 6.61 Å². The Morgan fingerprint density at radius 1 is 0.926 bits per heavy atom. The third-order valence-corrected chi connectivity index (χ3v) is 4.83. The van der Waals surface area contributed by atoms with E-state index in [0.29, 0.717) is 11.6 Å². The molecule has 8 heteroatoms. The van der Waals surface area contributed by atoms with Crippen LogP contribution in [0.3, 0.4) is 0 Å². The summed E-state index contributed by atoms with van der Waals surface area (Å²) in [4.78, 5) is 14.2. The first kappa shape index (κ1) is 21.4. The van der Waals surface area contributed by atoms with Crippen molar-refractivity contribution < 1.29 is 4.74 Å². The SMILES string of the molecule is Cl.Cl.Clc1ccc(OCc2nc3ccc(Sc4ccncc4)cc3[nH]2)cc1. The largest absolute Gasteiger partial charge is 0.486 e. The summed E-state index contributed by atoms with van der Waals surface area (Å²) >= 11 is 7.57. The molecule has 140 valence electrons. The normalized spacial score (nSPS) is 10.1. The van der Waals surface area contributed by atoms with Crippen LogP contribution in [0.2, 0.25) is 5.02 Å². The number of rotatable bonds is 5. The number of ether oxygens (including phenoxy) is 1. The predicted octanol–water partition coefficient (Wildman–Crippen LogP) is 6.19. The molecule has 2 aromatic heterocycles. The van der Waals surface area contributed by atoms with Gasteiger partial charge in [0.2, 0.25) is 0 Å². The van der Waals surface area contributed by atoms with Gasteiger partial charge in [0.25, 0.3) is 0 Å². The van der Waals surface area contributed by atoms with Gasteiger partial charge in [-0.1, -0.05) is 23.4 Å². The zero-order valence-corrected chi connectivity index (χ0v) is 17.2. The lowest BCUT2D eigenvalue weighted by atomic mass is 10.3. The summed E-state index contributed by atoms with van der Waals surface area (Å²) in [7, 11) is 0. The van der Waals surface area contributed by atoms with E-state index in [2.05, 4.69) is 27.1 Å². The Morgan fingerprint density at radius 3 is 2.41 bits per heavy atom. The molecule has 4 aromatic rings. The van der Waals surface area contributed by atoms with Crippen LogP contribution in [0.15, 0.2) is 76.8 Å². The van der Waals surface area contributed by atoms with Crippen LogP contribution in [0.5, 0.6) is 5.75 Å². The van der Waals surface area contributed by atoms with Gasteiger partial charge in [-0.3, -0.25) is 4.98 Å². The Labute approximate surface area is 178 Å². The second-order valence-electron chi connectivity index (χ2n) is 5.39. The lowest BCUT2D eigenvalue weighted by Crippen LogP contribution is -1.97. The Kier molecular flexibility index (Phi) is 7.80. The molecule has 1 N–H and O–H groups in total. The number of aromatic amines is 1. The summed E-state index contributed by atoms with van der Waals surface area (Å²) < 4.78 is 5.74. The molecular formula is C19H16Cl3N3OS. The fourth-order valence-electron chi connectivity index (χ4n) is 2.40. The standard InChI is InChI=1S/C19H14ClN3OS.2ClH/c20-13-1-3-14(4-2-13)24-12-19-22-17-6-5-16(11-18(17)23-19)25-15-7-9-21-10-8-15;;/h1-11H,12H2,(H,22,23);2*1H. The van der Waals surface area contributed by atoms with E-state index < -0.39 is 0 Å². The molecule has 0 saturated carbocycles. The van der Waals surface area contributed by atoms with Crippen LogP contribution >= 0.6 is 48.2 Å². The van der Waals surface area contributed by atoms with Gasteiger partial charge in [0.15, 0.2) is 0 Å². The van der Waals surface area contributed by atoms with E-state index in [4.69, 9.17) is 16.3 Å². The van der Waals surface area contributed by atoms with Crippen LogP contribution in [0.4, 0.5) is 0 Å². The fourth-order valence-corrected chi connectivity index (χ4v) is 3.37. The van der Waals surface area contributed by atoms with E-state index in [0.717, 1.165) is 32.4 Å². The third kappa shape index (κ3) is 5.53. The van der Waals surface area contributed by atoms with Crippen molar-refractivity contribution in [3.8, 4) is 5.75 Å². The molecule has 0 aliphatic carbocycles. The molecule has 0 aliphatic rings. The fraction of sp³-hybridized carbons (Fsp3) is 0.0526. The zero-order valence-electron chi connectivity index (χ0n) is 14.0. The highest BCUT2D eigenvalue weighted by atomic mass is 35.5. The summed E-state index contributed by atoms with van der Waals surface area (Å²) in [5.41, 5.74) is 1.92. The number of nitrogens with one attached hydrogen (secondary N) is 1. The lowest BCUT2D eigenvalue weighted by Gasteiger charge is -2.03. The number of pyridine rings is 1. The van der Waals surface area contributed by atoms with Gasteiger partial charge in [-0.25, -0.2) is 4.98 Å². The van der Waals surface area contributed by atoms with Crippen molar-refractivity contribution in [2.45, 2.75) is 16.4 Å². The minimum atomic E-state index is 0. The highest BCUT2D eigenvalue weighted by Crippen LogP contribution is 2.29. The van der Waals surface area contributed by atoms with E-state index in [1.54, 1.807) is 36.3 Å². The number of hydrogen-bond donors (Lipinski definition) is 1. The second-order valence-corrected chi connectivity index (χ2v) is 6.97. The first-order valence-electron chi connectivity index (χ1n) is 7.71. The first-order chi connectivity index (χ1) is 12.3. The average molecular weight is 441 g/mol. The van der Waals surface area contributed by atoms with E-state index in [1.807, 2.05) is 30.3 Å². The molecule has 0 amide bonds. The number of benzene rings is 2. The van der Waals surface area contributed by atoms with Crippen molar-refractivity contribution in [2.24, 2.45) is 0 Å². The number of H-pyrrole nitrogens is 1. The average Bonchev–Trinajstić information content (AvgIpc) is 3.04. The van der Waals surface area contributed by atoms with Gasteiger partial charge in [-0.05, 0) is 54.6 Å². The van der Waals surface area contributed by atoms with Gasteiger partial charge in [0.05, 0.1) is 11.0 Å². The maximum atomic E-state index is 5.88. The van der Waals surface area contributed by atoms with Crippen LogP contribution < -0.4 is 4.74 Å². The minimum Gasteiger partial charge on any atom is -0.486 e. The van der Waals surface area contributed by atoms with Gasteiger partial charge in [-0.15, -0.1) is 24.8 Å². The van der Waals surface area contributed by atoms with Gasteiger partial charge in [0, 0.05) is 27.2 Å². The van der Waals surface area contributed by atoms with E-state index in [1.165, 1.54) is 0 Å². The highest BCUT2D eigenvalue weighted by molar-refractivity contribution is 7.99. The Balaban J connectivity index is 0.00000131. The monoisotopic (exact) mass is 439 g/mol. The van der Waals surface area contributed by atoms with Crippen molar-refractivity contribution in [2.75, 3.05) is 0 Å². The topological polar surface area (TPSA) is 50.8 Å². The molecule has 2 heterocycles. The van der Waals surface area contributed by atoms with Crippen molar-refractivity contribution in [3.63, 3.8) is 0 Å². The van der Waals surface area contributed by atoms with Crippen LogP contribution in [-0.4, -0.2) is 15.0 Å². The third-order valence-electron chi connectivity index (χ3n) is 3.58. The van der Waals surface area contributed by atoms with E-state index in [9.17, 15) is 0 Å². The quantitative estimate of drug-likeness (QED) is 0.402. The van der Waals surface area contributed by atoms with Gasteiger partial charge < -0.3 is 9.72 Å². The van der Waals surface area contributed by atoms with Crippen LogP contribution in [0, 0.1) is 0 Å². The number of nitrogens with zero attached hydrogens (tertiary/aromatic N) is 2. The highest BCUT2D eigenvalue weighted by Gasteiger charge is 2.06. The summed E-state index contributed by atoms with van der Waals surface area (Å²) in [6.07, 6.45) is 3.59. The second kappa shape index (κ2) is 9.85. The molecule has 0 bridgehead atoms. The smallest absolute Gasteiger partial charge is 0.146 e. The molecule has 0 spiro atoms. The lowest BCUT2D eigenvalue weighted by molar-refractivity contribution is 0.297. The van der Waals surface area contributed by atoms with Crippen LogP contribution in [0.25, 0.3) is 11.0 Å². The van der Waals surface area contributed by atoms with E-state index in [-0.39, 0.29) is 24.8 Å². The molecular weight excluding hydrogens is 425 g/mol. The molecule has 4 nitrogen and oxygen atoms in total. The number of fused-ring (bicyclic) bond motifs is 1. The molecule has 0 saturated heterocycles. The van der Waals surface area contributed by atoms with Crippen molar-refractivity contribution in [3.05, 3.63) is 77.8 Å². The number of imidazole rings is 1. The van der Waals surface area contributed by atoms with Gasteiger partial charge in [0.1, 0.15) is 18.2 Å². The van der Waals surface area contributed by atoms with Crippen molar-refractivity contribution in [1.29, 1.82) is 0 Å². The maximum absolute atomic E-state index is 5.88. The summed E-state index contributed by atoms with van der Waals surface area (Å²) in [5, 5.41) is 0.690. The molecule has 4 rings (SSSR count). The Bertz CT molecular complexity index is 994. The zero-order chi connectivity index (χ0) is 17.1. The summed E-state index contributed by atoms with van der Waals surface area (Å²) in [5.74, 6) is 1.55. The summed E-state index contributed by atoms with van der Waals surface area (Å²) in [6, 6.07) is 17.5. The molecule has 0 atom stereocenters. The minimum absolute atomic E-state index is 0.